The van der Waals surface area contributed by atoms with Crippen molar-refractivity contribution < 1.29 is 0 Å². The molecule has 1 aromatic heterocycles. The van der Waals surface area contributed by atoms with Crippen LogP contribution in [-0.4, -0.2) is 28.6 Å². The van der Waals surface area contributed by atoms with Crippen molar-refractivity contribution in [3.05, 3.63) is 46.7 Å². The van der Waals surface area contributed by atoms with Crippen molar-refractivity contribution in [3.8, 4) is 0 Å². The number of benzene rings is 1. The zero-order chi connectivity index (χ0) is 13.7. The van der Waals surface area contributed by atoms with E-state index in [1.54, 1.807) is 0 Å². The van der Waals surface area contributed by atoms with E-state index in [0.717, 1.165) is 22.3 Å². The standard InChI is InChI=1S/C14H18BrN3S/c1-16-12(9-11-7-8-18(2)17-11)10-19-14-6-4-3-5-13(14)15/h3-8,12,16H,9-10H2,1-2H3. The van der Waals surface area contributed by atoms with Gasteiger partial charge in [-0.05, 0) is 41.2 Å². The second-order valence-corrected chi connectivity index (χ2v) is 6.33. The molecule has 0 bridgehead atoms. The molecule has 2 aromatic rings. The summed E-state index contributed by atoms with van der Waals surface area (Å²) in [5.41, 5.74) is 1.13. The SMILES string of the molecule is CNC(CSc1ccccc1Br)Cc1ccn(C)n1. The number of nitrogens with one attached hydrogen (secondary N) is 1. The van der Waals surface area contributed by atoms with Crippen LogP contribution in [0.4, 0.5) is 0 Å². The highest BCUT2D eigenvalue weighted by molar-refractivity contribution is 9.10. The molecule has 1 aromatic carbocycles. The highest BCUT2D eigenvalue weighted by Gasteiger charge is 2.10. The Morgan fingerprint density at radius 3 is 2.79 bits per heavy atom. The molecule has 0 aliphatic rings. The number of hydrogen-bond acceptors (Lipinski definition) is 3. The molecular formula is C14H18BrN3S. The van der Waals surface area contributed by atoms with Crippen LogP contribution in [0.25, 0.3) is 0 Å². The van der Waals surface area contributed by atoms with E-state index < -0.39 is 0 Å². The zero-order valence-corrected chi connectivity index (χ0v) is 13.5. The van der Waals surface area contributed by atoms with Gasteiger partial charge in [0.2, 0.25) is 0 Å². The smallest absolute Gasteiger partial charge is 0.0640 e. The van der Waals surface area contributed by atoms with Gasteiger partial charge in [-0.25, -0.2) is 0 Å². The van der Waals surface area contributed by atoms with Crippen molar-refractivity contribution in [2.75, 3.05) is 12.8 Å². The quantitative estimate of drug-likeness (QED) is 0.820. The Hall–Kier alpha value is -0.780. The van der Waals surface area contributed by atoms with E-state index in [0.29, 0.717) is 6.04 Å². The number of thioether (sulfide) groups is 1. The van der Waals surface area contributed by atoms with E-state index in [-0.39, 0.29) is 0 Å². The fourth-order valence-electron chi connectivity index (χ4n) is 1.82. The lowest BCUT2D eigenvalue weighted by Crippen LogP contribution is -2.30. The predicted molar refractivity (Wildman–Crippen MR) is 84.6 cm³/mol. The summed E-state index contributed by atoms with van der Waals surface area (Å²) in [5.74, 6) is 1.02. The molecular weight excluding hydrogens is 322 g/mol. The molecule has 5 heteroatoms. The van der Waals surface area contributed by atoms with E-state index >= 15 is 0 Å². The predicted octanol–water partition coefficient (Wildman–Crippen LogP) is 3.11. The van der Waals surface area contributed by atoms with Gasteiger partial charge in [0, 0.05) is 40.8 Å². The maximum atomic E-state index is 4.43. The molecule has 2 rings (SSSR count). The highest BCUT2D eigenvalue weighted by Crippen LogP contribution is 2.27. The van der Waals surface area contributed by atoms with E-state index in [1.165, 1.54) is 4.90 Å². The van der Waals surface area contributed by atoms with Gasteiger partial charge in [0.15, 0.2) is 0 Å². The first-order chi connectivity index (χ1) is 9.19. The summed E-state index contributed by atoms with van der Waals surface area (Å²) in [6.07, 6.45) is 2.94. The molecule has 1 atom stereocenters. The Kier molecular flexibility index (Phi) is 5.48. The second-order valence-electron chi connectivity index (χ2n) is 4.41. The largest absolute Gasteiger partial charge is 0.316 e. The Bertz CT molecular complexity index is 527. The fourth-order valence-corrected chi connectivity index (χ4v) is 3.50. The average Bonchev–Trinajstić information content (AvgIpc) is 2.81. The lowest BCUT2D eigenvalue weighted by Gasteiger charge is -2.15. The average molecular weight is 340 g/mol. The molecule has 1 heterocycles. The minimum absolute atomic E-state index is 0.423. The minimum atomic E-state index is 0.423. The Morgan fingerprint density at radius 1 is 1.37 bits per heavy atom. The third-order valence-corrected chi connectivity index (χ3v) is 5.10. The van der Waals surface area contributed by atoms with E-state index in [1.807, 2.05) is 42.8 Å². The van der Waals surface area contributed by atoms with Gasteiger partial charge >= 0.3 is 0 Å². The molecule has 0 aliphatic carbocycles. The topological polar surface area (TPSA) is 29.9 Å². The summed E-state index contributed by atoms with van der Waals surface area (Å²) in [7, 11) is 3.96. The van der Waals surface area contributed by atoms with Crippen molar-refractivity contribution >= 4 is 27.7 Å². The lowest BCUT2D eigenvalue weighted by molar-refractivity contribution is 0.600. The molecule has 19 heavy (non-hydrogen) atoms. The van der Waals surface area contributed by atoms with Crippen LogP contribution in [-0.2, 0) is 13.5 Å². The van der Waals surface area contributed by atoms with Gasteiger partial charge < -0.3 is 5.32 Å². The monoisotopic (exact) mass is 339 g/mol. The number of halogens is 1. The van der Waals surface area contributed by atoms with E-state index in [2.05, 4.69) is 50.6 Å². The Morgan fingerprint density at radius 2 is 2.16 bits per heavy atom. The van der Waals surface area contributed by atoms with Gasteiger partial charge in [-0.3, -0.25) is 4.68 Å². The van der Waals surface area contributed by atoms with Crippen LogP contribution < -0.4 is 5.32 Å². The number of nitrogens with zero attached hydrogens (tertiary/aromatic N) is 2. The van der Waals surface area contributed by atoms with Crippen LogP contribution in [0.3, 0.4) is 0 Å². The molecule has 3 nitrogen and oxygen atoms in total. The molecule has 0 radical (unpaired) electrons. The molecule has 0 fully saturated rings. The van der Waals surface area contributed by atoms with Crippen molar-refractivity contribution in [3.63, 3.8) is 0 Å². The molecule has 0 saturated heterocycles. The van der Waals surface area contributed by atoms with Crippen molar-refractivity contribution in [1.82, 2.24) is 15.1 Å². The van der Waals surface area contributed by atoms with E-state index in [4.69, 9.17) is 0 Å². The number of aryl methyl sites for hydroxylation is 1. The molecule has 0 spiro atoms. The summed E-state index contributed by atoms with van der Waals surface area (Å²) < 4.78 is 3.01. The van der Waals surface area contributed by atoms with Crippen LogP contribution in [0.1, 0.15) is 5.69 Å². The first kappa shape index (κ1) is 14.6. The summed E-state index contributed by atoms with van der Waals surface area (Å²) in [4.78, 5) is 1.28. The molecule has 0 saturated carbocycles. The van der Waals surface area contributed by atoms with Gasteiger partial charge in [0.05, 0.1) is 5.69 Å². The third-order valence-electron chi connectivity index (χ3n) is 2.91. The first-order valence-electron chi connectivity index (χ1n) is 6.22. The van der Waals surface area contributed by atoms with Crippen LogP contribution in [0, 0.1) is 0 Å². The summed E-state index contributed by atoms with van der Waals surface area (Å²) >= 11 is 5.44. The van der Waals surface area contributed by atoms with Gasteiger partial charge in [-0.15, -0.1) is 11.8 Å². The normalized spacial score (nSPS) is 12.6. The number of rotatable bonds is 6. The van der Waals surface area contributed by atoms with Crippen molar-refractivity contribution in [2.24, 2.45) is 7.05 Å². The molecule has 102 valence electrons. The minimum Gasteiger partial charge on any atom is -0.316 e. The molecule has 0 aliphatic heterocycles. The van der Waals surface area contributed by atoms with Gasteiger partial charge in [-0.1, -0.05) is 12.1 Å². The van der Waals surface area contributed by atoms with Crippen LogP contribution >= 0.6 is 27.7 Å². The number of aromatic nitrogens is 2. The van der Waals surface area contributed by atoms with Gasteiger partial charge in [-0.2, -0.15) is 5.10 Å². The molecule has 1 N–H and O–H groups in total. The number of likely N-dealkylation sites (N-methyl/N-ethyl adjacent to an activating group) is 1. The number of hydrogen-bond donors (Lipinski definition) is 1. The second kappa shape index (κ2) is 7.12. The van der Waals surface area contributed by atoms with Gasteiger partial charge in [0.25, 0.3) is 0 Å². The van der Waals surface area contributed by atoms with Crippen molar-refractivity contribution in [2.45, 2.75) is 17.4 Å². The Balaban J connectivity index is 1.91. The van der Waals surface area contributed by atoms with E-state index in [9.17, 15) is 0 Å². The van der Waals surface area contributed by atoms with Crippen molar-refractivity contribution in [1.29, 1.82) is 0 Å². The van der Waals surface area contributed by atoms with Crippen LogP contribution in [0.15, 0.2) is 45.9 Å². The summed E-state index contributed by atoms with van der Waals surface area (Å²) in [6, 6.07) is 10.8. The summed E-state index contributed by atoms with van der Waals surface area (Å²) in [5, 5.41) is 7.79. The molecule has 1 unspecified atom stereocenters. The maximum Gasteiger partial charge on any atom is 0.0640 e. The maximum absolute atomic E-state index is 4.43. The summed E-state index contributed by atoms with van der Waals surface area (Å²) in [6.45, 7) is 0. The molecule has 0 amide bonds. The Labute approximate surface area is 126 Å². The van der Waals surface area contributed by atoms with Crippen LogP contribution in [0.5, 0.6) is 0 Å². The fraction of sp³-hybridized carbons (Fsp3) is 0.357. The highest BCUT2D eigenvalue weighted by atomic mass is 79.9. The lowest BCUT2D eigenvalue weighted by atomic mass is 10.2. The zero-order valence-electron chi connectivity index (χ0n) is 11.1. The van der Waals surface area contributed by atoms with Crippen LogP contribution in [0.2, 0.25) is 0 Å². The first-order valence-corrected chi connectivity index (χ1v) is 8.00. The third kappa shape index (κ3) is 4.37. The van der Waals surface area contributed by atoms with Gasteiger partial charge in [0.1, 0.15) is 0 Å².